The first-order chi connectivity index (χ1) is 20.3. The summed E-state index contributed by atoms with van der Waals surface area (Å²) in [4.78, 5) is 28.4. The molecule has 6 aromatic heterocycles. The van der Waals surface area contributed by atoms with Crippen molar-refractivity contribution in [3.8, 4) is 0 Å². The summed E-state index contributed by atoms with van der Waals surface area (Å²) in [6.07, 6.45) is 10.4. The quantitative estimate of drug-likeness (QED) is 0.232. The molecule has 6 rings (SSSR count). The van der Waals surface area contributed by atoms with Gasteiger partial charge in [0.05, 0.1) is 25.2 Å². The topological polar surface area (TPSA) is 157 Å². The second-order valence-corrected chi connectivity index (χ2v) is 9.74. The predicted molar refractivity (Wildman–Crippen MR) is 156 cm³/mol. The van der Waals surface area contributed by atoms with Crippen LogP contribution in [-0.2, 0) is 23.4 Å². The third-order valence-electron chi connectivity index (χ3n) is 6.13. The van der Waals surface area contributed by atoms with Crippen LogP contribution < -0.4 is 10.6 Å². The Labute approximate surface area is 241 Å². The van der Waals surface area contributed by atoms with E-state index in [9.17, 15) is 9.90 Å². The standard InChI is InChI=1S/C15H17N5O.C14H13N5O2/c1-15(2,21)12-8-14(20-13(19-12)5-7-18-20)17-10-11-4-3-6-16-9-11;1-21-14(20)11-7-13(19-12(18-11)4-6-17-19)16-9-10-3-2-5-15-8-10/h3-9,17,21H,10H2,1-2H3;2-8,16H,9H2,1H3. The van der Waals surface area contributed by atoms with Crippen molar-refractivity contribution < 1.29 is 14.6 Å². The van der Waals surface area contributed by atoms with E-state index in [0.29, 0.717) is 35.9 Å². The number of fused-ring (bicyclic) bond motifs is 2. The maximum atomic E-state index is 11.7. The third-order valence-corrected chi connectivity index (χ3v) is 6.13. The van der Waals surface area contributed by atoms with Crippen molar-refractivity contribution in [2.75, 3.05) is 17.7 Å². The van der Waals surface area contributed by atoms with E-state index in [-0.39, 0.29) is 5.69 Å². The molecule has 0 aliphatic heterocycles. The Bertz CT molecular complexity index is 1780. The predicted octanol–water partition coefficient (Wildman–Crippen LogP) is 3.49. The summed E-state index contributed by atoms with van der Waals surface area (Å²) in [6, 6.07) is 14.7. The molecule has 0 amide bonds. The van der Waals surface area contributed by atoms with Crippen LogP contribution in [0.25, 0.3) is 11.3 Å². The summed E-state index contributed by atoms with van der Waals surface area (Å²) in [7, 11) is 1.33. The molecule has 0 aliphatic carbocycles. The number of aromatic nitrogens is 8. The summed E-state index contributed by atoms with van der Waals surface area (Å²) in [5, 5.41) is 25.1. The number of carbonyl (C=O) groups excluding carboxylic acids is 1. The van der Waals surface area contributed by atoms with Crippen molar-refractivity contribution in [1.82, 2.24) is 39.2 Å². The molecule has 0 saturated carbocycles. The van der Waals surface area contributed by atoms with Crippen LogP contribution in [0.15, 0.2) is 85.7 Å². The molecule has 0 atom stereocenters. The fourth-order valence-corrected chi connectivity index (χ4v) is 3.99. The Hall–Kier alpha value is -5.43. The number of pyridine rings is 2. The Morgan fingerprint density at radius 2 is 1.38 bits per heavy atom. The molecule has 6 aromatic rings. The zero-order valence-corrected chi connectivity index (χ0v) is 23.3. The zero-order valence-electron chi connectivity index (χ0n) is 23.3. The number of anilines is 2. The van der Waals surface area contributed by atoms with Gasteiger partial charge in [0.2, 0.25) is 0 Å². The maximum absolute atomic E-state index is 11.7. The molecule has 0 aliphatic rings. The lowest BCUT2D eigenvalue weighted by Crippen LogP contribution is -2.19. The van der Waals surface area contributed by atoms with Crippen LogP contribution in [0.5, 0.6) is 0 Å². The van der Waals surface area contributed by atoms with Gasteiger partial charge in [0.1, 0.15) is 17.2 Å². The summed E-state index contributed by atoms with van der Waals surface area (Å²) in [6.45, 7) is 4.62. The van der Waals surface area contributed by atoms with Crippen molar-refractivity contribution >= 4 is 28.9 Å². The van der Waals surface area contributed by atoms with Gasteiger partial charge < -0.3 is 20.5 Å². The number of carbonyl (C=O) groups is 1. The van der Waals surface area contributed by atoms with Crippen molar-refractivity contribution in [2.45, 2.75) is 32.5 Å². The molecule has 13 nitrogen and oxygen atoms in total. The van der Waals surface area contributed by atoms with Gasteiger partial charge in [-0.1, -0.05) is 12.1 Å². The van der Waals surface area contributed by atoms with Crippen molar-refractivity contribution in [3.63, 3.8) is 0 Å². The lowest BCUT2D eigenvalue weighted by molar-refractivity contribution is 0.0594. The van der Waals surface area contributed by atoms with Crippen LogP contribution in [-0.4, -0.2) is 57.3 Å². The molecule has 0 saturated heterocycles. The highest BCUT2D eigenvalue weighted by Gasteiger charge is 2.20. The van der Waals surface area contributed by atoms with Gasteiger partial charge in [-0.3, -0.25) is 9.97 Å². The van der Waals surface area contributed by atoms with Gasteiger partial charge in [-0.05, 0) is 37.1 Å². The smallest absolute Gasteiger partial charge is 0.356 e. The molecule has 0 aromatic carbocycles. The van der Waals surface area contributed by atoms with Crippen LogP contribution in [0, 0.1) is 0 Å². The number of hydrogen-bond donors (Lipinski definition) is 3. The molecule has 13 heteroatoms. The molecule has 0 bridgehead atoms. The molecule has 0 unspecified atom stereocenters. The number of hydrogen-bond acceptors (Lipinski definition) is 11. The number of methoxy groups -OCH3 is 1. The minimum atomic E-state index is -1.00. The van der Waals surface area contributed by atoms with Gasteiger partial charge in [-0.15, -0.1) is 0 Å². The van der Waals surface area contributed by atoms with Gasteiger partial charge in [-0.2, -0.15) is 19.2 Å². The van der Waals surface area contributed by atoms with Gasteiger partial charge >= 0.3 is 5.97 Å². The van der Waals surface area contributed by atoms with Crippen LogP contribution in [0.1, 0.15) is 41.2 Å². The lowest BCUT2D eigenvalue weighted by Gasteiger charge is -2.18. The SMILES string of the molecule is CC(C)(O)c1cc(NCc2cccnc2)n2nccc2n1.COC(=O)c1cc(NCc2cccnc2)n2nccc2n1. The molecule has 0 radical (unpaired) electrons. The van der Waals surface area contributed by atoms with E-state index < -0.39 is 11.6 Å². The fraction of sp³-hybridized carbons (Fsp3) is 0.207. The number of ether oxygens (including phenoxy) is 1. The van der Waals surface area contributed by atoms with E-state index >= 15 is 0 Å². The number of rotatable bonds is 8. The summed E-state index contributed by atoms with van der Waals surface area (Å²) in [5.74, 6) is 0.961. The average Bonchev–Trinajstić information content (AvgIpc) is 3.69. The second-order valence-electron chi connectivity index (χ2n) is 9.74. The monoisotopic (exact) mass is 566 g/mol. The van der Waals surface area contributed by atoms with Crippen molar-refractivity contribution in [1.29, 1.82) is 0 Å². The molecular weight excluding hydrogens is 536 g/mol. The number of nitrogens with one attached hydrogen (secondary N) is 2. The Morgan fingerprint density at radius 1 is 0.833 bits per heavy atom. The molecule has 42 heavy (non-hydrogen) atoms. The minimum Gasteiger partial charge on any atom is -0.464 e. The van der Waals surface area contributed by atoms with Gasteiger partial charge in [0, 0.05) is 62.1 Å². The first kappa shape index (κ1) is 28.1. The van der Waals surface area contributed by atoms with E-state index in [1.54, 1.807) is 66.0 Å². The molecule has 0 spiro atoms. The van der Waals surface area contributed by atoms with E-state index in [1.165, 1.54) is 7.11 Å². The largest absolute Gasteiger partial charge is 0.464 e. The summed E-state index contributed by atoms with van der Waals surface area (Å²) >= 11 is 0. The average molecular weight is 567 g/mol. The maximum Gasteiger partial charge on any atom is 0.356 e. The van der Waals surface area contributed by atoms with Crippen LogP contribution in [0.2, 0.25) is 0 Å². The van der Waals surface area contributed by atoms with E-state index in [1.807, 2.05) is 42.6 Å². The number of nitrogens with zero attached hydrogens (tertiary/aromatic N) is 8. The highest BCUT2D eigenvalue weighted by atomic mass is 16.5. The van der Waals surface area contributed by atoms with E-state index in [2.05, 4.69) is 40.8 Å². The van der Waals surface area contributed by atoms with Crippen molar-refractivity contribution in [3.05, 3.63) is 108 Å². The fourth-order valence-electron chi connectivity index (χ4n) is 3.99. The van der Waals surface area contributed by atoms with Gasteiger partial charge in [0.25, 0.3) is 0 Å². The first-order valence-corrected chi connectivity index (χ1v) is 13.1. The molecule has 3 N–H and O–H groups in total. The molecule has 6 heterocycles. The molecule has 0 fully saturated rings. The normalized spacial score (nSPS) is 11.1. The highest BCUT2D eigenvalue weighted by Crippen LogP contribution is 2.22. The second kappa shape index (κ2) is 12.4. The Morgan fingerprint density at radius 3 is 1.88 bits per heavy atom. The lowest BCUT2D eigenvalue weighted by atomic mass is 10.1. The van der Waals surface area contributed by atoms with Crippen LogP contribution >= 0.6 is 0 Å². The third kappa shape index (κ3) is 6.64. The zero-order chi connectivity index (χ0) is 29.5. The highest BCUT2D eigenvalue weighted by molar-refractivity contribution is 5.88. The van der Waals surface area contributed by atoms with Crippen LogP contribution in [0.3, 0.4) is 0 Å². The molecular formula is C29H30N10O3. The summed E-state index contributed by atoms with van der Waals surface area (Å²) < 4.78 is 8.05. The summed E-state index contributed by atoms with van der Waals surface area (Å²) in [5.41, 5.74) is 3.20. The minimum absolute atomic E-state index is 0.235. The number of aliphatic hydroxyl groups is 1. The first-order valence-electron chi connectivity index (χ1n) is 13.1. The van der Waals surface area contributed by atoms with Crippen molar-refractivity contribution in [2.24, 2.45) is 0 Å². The number of esters is 1. The van der Waals surface area contributed by atoms with Gasteiger partial charge in [0.15, 0.2) is 17.0 Å². The Kier molecular flexibility index (Phi) is 8.29. The van der Waals surface area contributed by atoms with E-state index in [0.717, 1.165) is 16.9 Å². The van der Waals surface area contributed by atoms with E-state index in [4.69, 9.17) is 4.74 Å². The Balaban J connectivity index is 0.000000168. The van der Waals surface area contributed by atoms with Crippen LogP contribution in [0.4, 0.5) is 11.6 Å². The molecule has 214 valence electrons. The van der Waals surface area contributed by atoms with Gasteiger partial charge in [-0.25, -0.2) is 14.8 Å².